The Morgan fingerprint density at radius 2 is 1.19 bits per heavy atom. The minimum Gasteiger partial charge on any atom is -0.475 e. The number of rotatable bonds is 7. The highest BCUT2D eigenvalue weighted by molar-refractivity contribution is 6.04. The minimum atomic E-state index is -5.08. The molecule has 1 amide bonds. The molecule has 1 heterocycles. The number of carbonyl (C=O) groups is 2. The summed E-state index contributed by atoms with van der Waals surface area (Å²) in [6.07, 6.45) is -3.91. The monoisotopic (exact) mass is 589 g/mol. The largest absolute Gasteiger partial charge is 0.490 e. The average molecular weight is 590 g/mol. The molecule has 6 nitrogen and oxygen atoms in total. The molecule has 43 heavy (non-hydrogen) atoms. The predicted molar refractivity (Wildman–Crippen MR) is 162 cm³/mol. The lowest BCUT2D eigenvalue weighted by molar-refractivity contribution is -0.192. The van der Waals surface area contributed by atoms with E-state index >= 15 is 0 Å². The molecule has 9 heteroatoms. The summed E-state index contributed by atoms with van der Waals surface area (Å²) < 4.78 is 31.7. The second-order valence-electron chi connectivity index (χ2n) is 10.3. The van der Waals surface area contributed by atoms with Gasteiger partial charge in [0.05, 0.1) is 0 Å². The van der Waals surface area contributed by atoms with Crippen LogP contribution in [0.5, 0.6) is 0 Å². The molecule has 4 aromatic carbocycles. The third kappa shape index (κ3) is 10.1. The normalized spacial score (nSPS) is 14.2. The number of carbonyl (C=O) groups excluding carboxylic acids is 1. The quantitative estimate of drug-likeness (QED) is 0.244. The predicted octanol–water partition coefficient (Wildman–Crippen LogP) is 6.95. The Balaban J connectivity index is 0.000000541. The zero-order valence-corrected chi connectivity index (χ0v) is 23.6. The fourth-order valence-corrected chi connectivity index (χ4v) is 4.84. The van der Waals surface area contributed by atoms with Crippen LogP contribution in [0.3, 0.4) is 0 Å². The fraction of sp³-hybridized carbons (Fsp3) is 0.235. The molecule has 0 radical (unpaired) electrons. The molecule has 2 N–H and O–H groups in total. The van der Waals surface area contributed by atoms with Crippen molar-refractivity contribution >= 4 is 17.6 Å². The number of alkyl halides is 3. The molecule has 0 unspecified atom stereocenters. The van der Waals surface area contributed by atoms with E-state index in [4.69, 9.17) is 9.90 Å². The van der Waals surface area contributed by atoms with E-state index in [-0.39, 0.29) is 5.91 Å². The lowest BCUT2D eigenvalue weighted by atomic mass is 10.0. The fourth-order valence-electron chi connectivity index (χ4n) is 4.84. The number of amides is 1. The van der Waals surface area contributed by atoms with Crippen molar-refractivity contribution in [1.82, 2.24) is 9.80 Å². The third-order valence-electron chi connectivity index (χ3n) is 7.02. The lowest BCUT2D eigenvalue weighted by Gasteiger charge is -2.22. The van der Waals surface area contributed by atoms with Crippen LogP contribution < -0.4 is 5.32 Å². The van der Waals surface area contributed by atoms with Gasteiger partial charge in [-0.3, -0.25) is 14.6 Å². The third-order valence-corrected chi connectivity index (χ3v) is 7.02. The molecule has 1 aliphatic heterocycles. The highest BCUT2D eigenvalue weighted by Gasteiger charge is 2.38. The van der Waals surface area contributed by atoms with E-state index in [1.165, 1.54) is 17.5 Å². The van der Waals surface area contributed by atoms with E-state index in [1.807, 2.05) is 54.6 Å². The van der Waals surface area contributed by atoms with Crippen LogP contribution in [0, 0.1) is 0 Å². The second-order valence-corrected chi connectivity index (χ2v) is 10.3. The Kier molecular flexibility index (Phi) is 11.1. The zero-order chi connectivity index (χ0) is 30.7. The highest BCUT2D eigenvalue weighted by atomic mass is 19.4. The molecule has 0 bridgehead atoms. The Morgan fingerprint density at radius 3 is 1.77 bits per heavy atom. The Bertz CT molecular complexity index is 1460. The number of carboxylic acid groups (broad SMARTS) is 1. The second kappa shape index (κ2) is 15.1. The first-order valence-electron chi connectivity index (χ1n) is 14.0. The molecule has 1 aliphatic rings. The van der Waals surface area contributed by atoms with Crippen molar-refractivity contribution in [3.63, 3.8) is 0 Å². The Hall–Kier alpha value is -4.47. The number of halogens is 3. The van der Waals surface area contributed by atoms with Crippen LogP contribution in [-0.2, 0) is 17.9 Å². The SMILES string of the molecule is O=C(Nc1cccc(CN2CCCN(Cc3ccccc3)CC2)c1)c1ccc(-c2ccccc2)cc1.O=C(O)C(F)(F)F. The van der Waals surface area contributed by atoms with Gasteiger partial charge in [-0.15, -0.1) is 0 Å². The van der Waals surface area contributed by atoms with Crippen LogP contribution in [0.2, 0.25) is 0 Å². The van der Waals surface area contributed by atoms with Crippen molar-refractivity contribution in [1.29, 1.82) is 0 Å². The molecule has 224 valence electrons. The van der Waals surface area contributed by atoms with Crippen LogP contribution in [0.1, 0.15) is 27.9 Å². The number of benzene rings is 4. The van der Waals surface area contributed by atoms with Gasteiger partial charge in [0, 0.05) is 37.4 Å². The van der Waals surface area contributed by atoms with Crippen LogP contribution in [0.15, 0.2) is 109 Å². The molecule has 1 fully saturated rings. The zero-order valence-electron chi connectivity index (χ0n) is 23.6. The first-order valence-corrected chi connectivity index (χ1v) is 14.0. The topological polar surface area (TPSA) is 72.9 Å². The maximum absolute atomic E-state index is 12.9. The summed E-state index contributed by atoms with van der Waals surface area (Å²) in [6, 6.07) is 36.9. The van der Waals surface area contributed by atoms with Gasteiger partial charge in [-0.05, 0) is 66.0 Å². The Labute approximate surface area is 249 Å². The average Bonchev–Trinajstić information content (AvgIpc) is 3.23. The molecule has 1 saturated heterocycles. The molecule has 0 atom stereocenters. The number of carboxylic acids is 1. The van der Waals surface area contributed by atoms with Crippen LogP contribution in [0.25, 0.3) is 11.1 Å². The first kappa shape index (κ1) is 31.5. The van der Waals surface area contributed by atoms with E-state index in [0.29, 0.717) is 5.56 Å². The van der Waals surface area contributed by atoms with Gasteiger partial charge >= 0.3 is 12.1 Å². The summed E-state index contributed by atoms with van der Waals surface area (Å²) in [5.74, 6) is -2.84. The summed E-state index contributed by atoms with van der Waals surface area (Å²) in [5.41, 5.74) is 6.35. The molecule has 4 aromatic rings. The van der Waals surface area contributed by atoms with Gasteiger partial charge in [0.2, 0.25) is 0 Å². The van der Waals surface area contributed by atoms with Crippen molar-refractivity contribution in [3.05, 3.63) is 126 Å². The van der Waals surface area contributed by atoms with Gasteiger partial charge < -0.3 is 10.4 Å². The number of hydrogen-bond donors (Lipinski definition) is 2. The number of nitrogens with one attached hydrogen (secondary N) is 1. The molecule has 5 rings (SSSR count). The summed E-state index contributed by atoms with van der Waals surface area (Å²) in [6.45, 7) is 6.26. The van der Waals surface area contributed by atoms with Crippen molar-refractivity contribution < 1.29 is 27.9 Å². The lowest BCUT2D eigenvalue weighted by Crippen LogP contribution is -2.30. The van der Waals surface area contributed by atoms with Gasteiger partial charge in [0.1, 0.15) is 0 Å². The highest BCUT2D eigenvalue weighted by Crippen LogP contribution is 2.21. The van der Waals surface area contributed by atoms with Crippen LogP contribution >= 0.6 is 0 Å². The molecule has 0 spiro atoms. The van der Waals surface area contributed by atoms with Gasteiger partial charge in [0.25, 0.3) is 5.91 Å². The van der Waals surface area contributed by atoms with Gasteiger partial charge in [-0.1, -0.05) is 84.9 Å². The van der Waals surface area contributed by atoms with Gasteiger partial charge in [-0.2, -0.15) is 13.2 Å². The van der Waals surface area contributed by atoms with E-state index < -0.39 is 12.1 Å². The summed E-state index contributed by atoms with van der Waals surface area (Å²) in [4.78, 5) is 26.8. The molecule has 0 aliphatic carbocycles. The van der Waals surface area contributed by atoms with Gasteiger partial charge in [0.15, 0.2) is 0 Å². The minimum absolute atomic E-state index is 0.0851. The van der Waals surface area contributed by atoms with Crippen molar-refractivity contribution in [3.8, 4) is 11.1 Å². The maximum Gasteiger partial charge on any atom is 0.490 e. The van der Waals surface area contributed by atoms with Crippen molar-refractivity contribution in [2.24, 2.45) is 0 Å². The maximum atomic E-state index is 12.9. The molecular formula is C34H34F3N3O3. The van der Waals surface area contributed by atoms with Crippen LogP contribution in [0.4, 0.5) is 18.9 Å². The van der Waals surface area contributed by atoms with E-state index in [0.717, 1.165) is 56.1 Å². The number of anilines is 1. The van der Waals surface area contributed by atoms with Gasteiger partial charge in [-0.25, -0.2) is 4.79 Å². The molecule has 0 saturated carbocycles. The standard InChI is InChI=1S/C32H33N3O.C2HF3O2/c36-32(30-17-15-29(16-18-30)28-12-5-2-6-13-28)33-31-14-7-11-27(23-31)25-35-20-8-19-34(21-22-35)24-26-9-3-1-4-10-26;3-2(4,5)1(6)7/h1-7,9-18,23H,8,19-22,24-25H2,(H,33,36);(H,6,7). The summed E-state index contributed by atoms with van der Waals surface area (Å²) in [5, 5.41) is 10.2. The van der Waals surface area contributed by atoms with Crippen LogP contribution in [-0.4, -0.2) is 59.1 Å². The first-order chi connectivity index (χ1) is 20.7. The number of aliphatic carboxylic acids is 1. The van der Waals surface area contributed by atoms with E-state index in [2.05, 4.69) is 69.7 Å². The smallest absolute Gasteiger partial charge is 0.475 e. The molecular weight excluding hydrogens is 555 g/mol. The molecule has 0 aromatic heterocycles. The number of nitrogens with zero attached hydrogens (tertiary/aromatic N) is 2. The van der Waals surface area contributed by atoms with E-state index in [1.54, 1.807) is 0 Å². The summed E-state index contributed by atoms with van der Waals surface area (Å²) in [7, 11) is 0. The number of hydrogen-bond acceptors (Lipinski definition) is 4. The van der Waals surface area contributed by atoms with E-state index in [9.17, 15) is 18.0 Å². The summed E-state index contributed by atoms with van der Waals surface area (Å²) >= 11 is 0. The Morgan fingerprint density at radius 1 is 0.674 bits per heavy atom. The van der Waals surface area contributed by atoms with Crippen molar-refractivity contribution in [2.45, 2.75) is 25.7 Å². The van der Waals surface area contributed by atoms with Crippen molar-refractivity contribution in [2.75, 3.05) is 31.5 Å².